The Morgan fingerprint density at radius 2 is 2.29 bits per heavy atom. The first-order valence-electron chi connectivity index (χ1n) is 7.33. The standard InChI is InChI=1S/C16H23FN2O.ClH/c1-11-5-3-7-14(17)16(11)19-15(20)9-12(2)13-6-4-8-18-10-13;/h3,5,7,12-13,18H,4,6,8-10H2,1-2H3,(H,19,20);1H. The number of hydrogen-bond acceptors (Lipinski definition) is 2. The molecule has 0 saturated carbocycles. The number of halogens is 2. The Kier molecular flexibility index (Phi) is 7.12. The fraction of sp³-hybridized carbons (Fsp3) is 0.562. The molecule has 1 saturated heterocycles. The van der Waals surface area contributed by atoms with Gasteiger partial charge in [-0.3, -0.25) is 4.79 Å². The fourth-order valence-electron chi connectivity index (χ4n) is 2.80. The Morgan fingerprint density at radius 3 is 2.90 bits per heavy atom. The number of nitrogens with one attached hydrogen (secondary N) is 2. The summed E-state index contributed by atoms with van der Waals surface area (Å²) in [6, 6.07) is 4.82. The number of aryl methyl sites for hydroxylation is 1. The van der Waals surface area contributed by atoms with Gasteiger partial charge in [-0.1, -0.05) is 19.1 Å². The molecule has 1 heterocycles. The van der Waals surface area contributed by atoms with Crippen LogP contribution in [0.4, 0.5) is 10.1 Å². The van der Waals surface area contributed by atoms with Crippen molar-refractivity contribution in [3.05, 3.63) is 29.6 Å². The molecule has 1 amide bonds. The average Bonchev–Trinajstić information content (AvgIpc) is 2.44. The quantitative estimate of drug-likeness (QED) is 0.893. The molecule has 5 heteroatoms. The molecule has 3 nitrogen and oxygen atoms in total. The molecular formula is C16H24ClFN2O. The topological polar surface area (TPSA) is 41.1 Å². The normalized spacial score (nSPS) is 19.5. The Labute approximate surface area is 132 Å². The van der Waals surface area contributed by atoms with Gasteiger partial charge in [-0.2, -0.15) is 0 Å². The van der Waals surface area contributed by atoms with E-state index >= 15 is 0 Å². The van der Waals surface area contributed by atoms with E-state index in [4.69, 9.17) is 0 Å². The van der Waals surface area contributed by atoms with Gasteiger partial charge in [0.05, 0.1) is 5.69 Å². The molecule has 1 aliphatic rings. The minimum Gasteiger partial charge on any atom is -0.323 e. The van der Waals surface area contributed by atoms with Crippen molar-refractivity contribution in [1.82, 2.24) is 5.32 Å². The molecule has 0 aliphatic carbocycles. The van der Waals surface area contributed by atoms with E-state index in [0.717, 1.165) is 18.7 Å². The molecule has 2 atom stereocenters. The molecule has 1 aliphatic heterocycles. The number of carbonyl (C=O) groups excluding carboxylic acids is 1. The van der Waals surface area contributed by atoms with Crippen LogP contribution in [0.5, 0.6) is 0 Å². The Hall–Kier alpha value is -1.13. The maximum atomic E-state index is 13.7. The van der Waals surface area contributed by atoms with Gasteiger partial charge >= 0.3 is 0 Å². The highest BCUT2D eigenvalue weighted by molar-refractivity contribution is 5.91. The lowest BCUT2D eigenvalue weighted by molar-refractivity contribution is -0.117. The Balaban J connectivity index is 0.00000220. The zero-order valence-electron chi connectivity index (χ0n) is 12.6. The lowest BCUT2D eigenvalue weighted by Crippen LogP contribution is -2.34. The van der Waals surface area contributed by atoms with E-state index in [1.165, 1.54) is 18.9 Å². The van der Waals surface area contributed by atoms with Crippen LogP contribution in [0.2, 0.25) is 0 Å². The highest BCUT2D eigenvalue weighted by Gasteiger charge is 2.22. The van der Waals surface area contributed by atoms with Crippen LogP contribution in [-0.2, 0) is 4.79 Å². The molecular weight excluding hydrogens is 291 g/mol. The lowest BCUT2D eigenvalue weighted by Gasteiger charge is -2.28. The molecule has 118 valence electrons. The van der Waals surface area contributed by atoms with Crippen molar-refractivity contribution < 1.29 is 9.18 Å². The second-order valence-corrected chi connectivity index (χ2v) is 5.77. The van der Waals surface area contributed by atoms with Gasteiger partial charge in [0.25, 0.3) is 0 Å². The van der Waals surface area contributed by atoms with Gasteiger partial charge in [0.15, 0.2) is 0 Å². The zero-order valence-corrected chi connectivity index (χ0v) is 13.4. The van der Waals surface area contributed by atoms with Crippen LogP contribution in [0.3, 0.4) is 0 Å². The predicted molar refractivity (Wildman–Crippen MR) is 86.4 cm³/mol. The van der Waals surface area contributed by atoms with Crippen molar-refractivity contribution in [2.24, 2.45) is 11.8 Å². The minimum absolute atomic E-state index is 0. The molecule has 0 radical (unpaired) electrons. The monoisotopic (exact) mass is 314 g/mol. The summed E-state index contributed by atoms with van der Waals surface area (Å²) in [5, 5.41) is 6.08. The Bertz CT molecular complexity index is 455. The third-order valence-corrected chi connectivity index (χ3v) is 4.13. The number of hydrogen-bond donors (Lipinski definition) is 2. The summed E-state index contributed by atoms with van der Waals surface area (Å²) < 4.78 is 13.7. The van der Waals surface area contributed by atoms with Crippen LogP contribution >= 0.6 is 12.4 Å². The number of piperidine rings is 1. The second kappa shape index (κ2) is 8.35. The molecule has 2 unspecified atom stereocenters. The van der Waals surface area contributed by atoms with Gasteiger partial charge in [0.1, 0.15) is 5.82 Å². The molecule has 0 bridgehead atoms. The van der Waals surface area contributed by atoms with E-state index in [1.807, 2.05) is 0 Å². The summed E-state index contributed by atoms with van der Waals surface area (Å²) in [4.78, 5) is 12.1. The second-order valence-electron chi connectivity index (χ2n) is 5.77. The van der Waals surface area contributed by atoms with Crippen molar-refractivity contribution in [1.29, 1.82) is 0 Å². The summed E-state index contributed by atoms with van der Waals surface area (Å²) in [6.07, 6.45) is 2.78. The molecule has 0 spiro atoms. The van der Waals surface area contributed by atoms with E-state index in [0.29, 0.717) is 23.9 Å². The van der Waals surface area contributed by atoms with Gasteiger partial charge in [-0.25, -0.2) is 4.39 Å². The van der Waals surface area contributed by atoms with E-state index in [9.17, 15) is 9.18 Å². The largest absolute Gasteiger partial charge is 0.323 e. The van der Waals surface area contributed by atoms with Gasteiger partial charge < -0.3 is 10.6 Å². The van der Waals surface area contributed by atoms with Gasteiger partial charge in [0.2, 0.25) is 5.91 Å². The van der Waals surface area contributed by atoms with Crippen molar-refractivity contribution in [3.63, 3.8) is 0 Å². The minimum atomic E-state index is -0.370. The van der Waals surface area contributed by atoms with E-state index in [1.54, 1.807) is 19.1 Å². The first kappa shape index (κ1) is 17.9. The third kappa shape index (κ3) is 4.97. The van der Waals surface area contributed by atoms with E-state index < -0.39 is 0 Å². The van der Waals surface area contributed by atoms with Crippen molar-refractivity contribution in [2.45, 2.75) is 33.1 Å². The first-order valence-corrected chi connectivity index (χ1v) is 7.33. The van der Waals surface area contributed by atoms with Crippen LogP contribution in [0.25, 0.3) is 0 Å². The summed E-state index contributed by atoms with van der Waals surface area (Å²) >= 11 is 0. The summed E-state index contributed by atoms with van der Waals surface area (Å²) in [7, 11) is 0. The van der Waals surface area contributed by atoms with Gasteiger partial charge in [-0.05, 0) is 56.3 Å². The predicted octanol–water partition coefficient (Wildman–Crippen LogP) is 3.52. The van der Waals surface area contributed by atoms with Crippen molar-refractivity contribution in [3.8, 4) is 0 Å². The molecule has 1 aromatic rings. The molecule has 2 N–H and O–H groups in total. The number of benzene rings is 1. The molecule has 2 rings (SSSR count). The molecule has 1 fully saturated rings. The maximum absolute atomic E-state index is 13.7. The average molecular weight is 315 g/mol. The number of rotatable bonds is 4. The first-order chi connectivity index (χ1) is 9.58. The lowest BCUT2D eigenvalue weighted by atomic mass is 9.85. The number of amides is 1. The van der Waals surface area contributed by atoms with Crippen LogP contribution in [-0.4, -0.2) is 19.0 Å². The summed E-state index contributed by atoms with van der Waals surface area (Å²) in [5.41, 5.74) is 1.07. The SMILES string of the molecule is Cc1cccc(F)c1NC(=O)CC(C)C1CCCNC1.Cl. The third-order valence-electron chi connectivity index (χ3n) is 4.13. The highest BCUT2D eigenvalue weighted by atomic mass is 35.5. The maximum Gasteiger partial charge on any atom is 0.224 e. The number of para-hydroxylation sites is 1. The Morgan fingerprint density at radius 1 is 1.52 bits per heavy atom. The van der Waals surface area contributed by atoms with Gasteiger partial charge in [0, 0.05) is 6.42 Å². The van der Waals surface area contributed by atoms with Crippen LogP contribution in [0, 0.1) is 24.6 Å². The summed E-state index contributed by atoms with van der Waals surface area (Å²) in [5.74, 6) is 0.382. The molecule has 21 heavy (non-hydrogen) atoms. The van der Waals surface area contributed by atoms with Crippen LogP contribution in [0.15, 0.2) is 18.2 Å². The zero-order chi connectivity index (χ0) is 14.5. The van der Waals surface area contributed by atoms with Crippen LogP contribution in [0.1, 0.15) is 31.7 Å². The van der Waals surface area contributed by atoms with Gasteiger partial charge in [-0.15, -0.1) is 12.4 Å². The number of anilines is 1. The van der Waals surface area contributed by atoms with Crippen molar-refractivity contribution in [2.75, 3.05) is 18.4 Å². The van der Waals surface area contributed by atoms with E-state index in [2.05, 4.69) is 17.6 Å². The highest BCUT2D eigenvalue weighted by Crippen LogP contribution is 2.24. The van der Waals surface area contributed by atoms with Crippen molar-refractivity contribution >= 4 is 24.0 Å². The number of carbonyl (C=O) groups is 1. The molecule has 0 aromatic heterocycles. The molecule has 1 aromatic carbocycles. The fourth-order valence-corrected chi connectivity index (χ4v) is 2.80. The van der Waals surface area contributed by atoms with E-state index in [-0.39, 0.29) is 24.1 Å². The smallest absolute Gasteiger partial charge is 0.224 e. The van der Waals surface area contributed by atoms with Crippen LogP contribution < -0.4 is 10.6 Å². The summed E-state index contributed by atoms with van der Waals surface area (Å²) in [6.45, 7) is 5.95.